The topological polar surface area (TPSA) is 38.3 Å². The Kier molecular flexibility index (Phi) is 7.27. The van der Waals surface area contributed by atoms with Gasteiger partial charge < -0.3 is 10.1 Å². The summed E-state index contributed by atoms with van der Waals surface area (Å²) in [6.07, 6.45) is 9.95. The van der Waals surface area contributed by atoms with E-state index in [4.69, 9.17) is 4.74 Å². The molecule has 1 fully saturated rings. The van der Waals surface area contributed by atoms with E-state index >= 15 is 0 Å². The molecule has 0 radical (unpaired) electrons. The number of ether oxygens (including phenoxy) is 1. The molecule has 0 bridgehead atoms. The van der Waals surface area contributed by atoms with Crippen molar-refractivity contribution in [1.29, 1.82) is 0 Å². The molecule has 1 amide bonds. The fourth-order valence-corrected chi connectivity index (χ4v) is 2.97. The van der Waals surface area contributed by atoms with Crippen LogP contribution in [0.2, 0.25) is 0 Å². The average Bonchev–Trinajstić information content (AvgIpc) is 3.06. The van der Waals surface area contributed by atoms with Crippen molar-refractivity contribution in [1.82, 2.24) is 5.32 Å². The molecule has 1 aliphatic carbocycles. The van der Waals surface area contributed by atoms with Gasteiger partial charge in [0.15, 0.2) is 0 Å². The van der Waals surface area contributed by atoms with Crippen molar-refractivity contribution in [3.63, 3.8) is 0 Å². The van der Waals surface area contributed by atoms with Gasteiger partial charge in [0.25, 0.3) is 5.91 Å². The number of nitrogens with one attached hydrogen (secondary N) is 1. The molecule has 22 heavy (non-hydrogen) atoms. The van der Waals surface area contributed by atoms with E-state index in [2.05, 4.69) is 12.2 Å². The summed E-state index contributed by atoms with van der Waals surface area (Å²) >= 11 is 0. The molecule has 1 N–H and O–H groups in total. The maximum Gasteiger partial charge on any atom is 0.251 e. The fraction of sp³-hybridized carbons (Fsp3) is 0.632. The van der Waals surface area contributed by atoms with Gasteiger partial charge in [-0.05, 0) is 49.4 Å². The lowest BCUT2D eigenvalue weighted by Gasteiger charge is -2.11. The minimum absolute atomic E-state index is 0.0291. The lowest BCUT2D eigenvalue weighted by molar-refractivity contribution is 0.0947. The first-order chi connectivity index (χ1) is 10.8. The van der Waals surface area contributed by atoms with Crippen LogP contribution in [0.15, 0.2) is 24.3 Å². The summed E-state index contributed by atoms with van der Waals surface area (Å²) in [5.74, 6) is 1.56. The number of carbonyl (C=O) groups is 1. The van der Waals surface area contributed by atoms with Crippen molar-refractivity contribution in [2.45, 2.75) is 58.3 Å². The van der Waals surface area contributed by atoms with Crippen LogP contribution in [-0.2, 0) is 0 Å². The number of hydrogen-bond donors (Lipinski definition) is 1. The van der Waals surface area contributed by atoms with E-state index in [1.165, 1.54) is 44.9 Å². The van der Waals surface area contributed by atoms with Gasteiger partial charge in [-0.2, -0.15) is 0 Å². The molecule has 0 aromatic heterocycles. The smallest absolute Gasteiger partial charge is 0.251 e. The van der Waals surface area contributed by atoms with Gasteiger partial charge in [-0.25, -0.2) is 0 Å². The highest BCUT2D eigenvalue weighted by atomic mass is 16.5. The normalized spacial score (nSPS) is 15.0. The van der Waals surface area contributed by atoms with Crippen LogP contribution in [-0.4, -0.2) is 19.1 Å². The molecule has 0 saturated heterocycles. The molecular formula is C19H29NO2. The van der Waals surface area contributed by atoms with Gasteiger partial charge >= 0.3 is 0 Å². The van der Waals surface area contributed by atoms with Crippen LogP contribution in [0, 0.1) is 5.92 Å². The lowest BCUT2D eigenvalue weighted by atomic mass is 10.1. The second kappa shape index (κ2) is 9.50. The standard InChI is InChI=1S/C19H29NO2/c1-2-3-4-7-14-22-18-12-10-17(11-13-18)19(21)20-15-16-8-5-6-9-16/h10-13,16H,2-9,14-15H2,1H3,(H,20,21). The summed E-state index contributed by atoms with van der Waals surface area (Å²) in [5.41, 5.74) is 0.719. The molecule has 2 rings (SSSR count). The van der Waals surface area contributed by atoms with Gasteiger partial charge in [0.05, 0.1) is 6.61 Å². The average molecular weight is 303 g/mol. The highest BCUT2D eigenvalue weighted by Crippen LogP contribution is 2.23. The Morgan fingerprint density at radius 3 is 2.55 bits per heavy atom. The van der Waals surface area contributed by atoms with Gasteiger partial charge in [0, 0.05) is 12.1 Å². The third-order valence-corrected chi connectivity index (χ3v) is 4.41. The summed E-state index contributed by atoms with van der Waals surface area (Å²) in [6, 6.07) is 7.49. The Morgan fingerprint density at radius 1 is 1.14 bits per heavy atom. The molecule has 0 aliphatic heterocycles. The molecule has 3 nitrogen and oxygen atoms in total. The number of carbonyl (C=O) groups excluding carboxylic acids is 1. The highest BCUT2D eigenvalue weighted by molar-refractivity contribution is 5.94. The van der Waals surface area contributed by atoms with Crippen LogP contribution >= 0.6 is 0 Å². The summed E-state index contributed by atoms with van der Waals surface area (Å²) in [7, 11) is 0. The van der Waals surface area contributed by atoms with Crippen molar-refractivity contribution in [3.8, 4) is 5.75 Å². The maximum atomic E-state index is 12.1. The minimum atomic E-state index is 0.0291. The third kappa shape index (κ3) is 5.70. The molecule has 122 valence electrons. The first kappa shape index (κ1) is 16.9. The summed E-state index contributed by atoms with van der Waals surface area (Å²) in [4.78, 5) is 12.1. The fourth-order valence-electron chi connectivity index (χ4n) is 2.97. The summed E-state index contributed by atoms with van der Waals surface area (Å²) in [6.45, 7) is 3.78. The molecular weight excluding hydrogens is 274 g/mol. The number of unbranched alkanes of at least 4 members (excludes halogenated alkanes) is 3. The van der Waals surface area contributed by atoms with Crippen molar-refractivity contribution in [2.75, 3.05) is 13.2 Å². The quantitative estimate of drug-likeness (QED) is 0.679. The van der Waals surface area contributed by atoms with Gasteiger partial charge in [0.1, 0.15) is 5.75 Å². The predicted molar refractivity (Wildman–Crippen MR) is 90.4 cm³/mol. The molecule has 1 aromatic carbocycles. The van der Waals surface area contributed by atoms with Gasteiger partial charge in [-0.1, -0.05) is 39.0 Å². The maximum absolute atomic E-state index is 12.1. The zero-order valence-corrected chi connectivity index (χ0v) is 13.8. The Balaban J connectivity index is 1.69. The molecule has 1 aliphatic rings. The SMILES string of the molecule is CCCCCCOc1ccc(C(=O)NCC2CCCC2)cc1. The molecule has 0 unspecified atom stereocenters. The van der Waals surface area contributed by atoms with E-state index < -0.39 is 0 Å². The zero-order valence-electron chi connectivity index (χ0n) is 13.8. The van der Waals surface area contributed by atoms with Crippen molar-refractivity contribution in [2.24, 2.45) is 5.92 Å². The monoisotopic (exact) mass is 303 g/mol. The Hall–Kier alpha value is -1.51. The second-order valence-electron chi connectivity index (χ2n) is 6.29. The van der Waals surface area contributed by atoms with E-state index in [1.54, 1.807) is 0 Å². The zero-order chi connectivity index (χ0) is 15.6. The molecule has 0 spiro atoms. The van der Waals surface area contributed by atoms with E-state index in [0.29, 0.717) is 5.92 Å². The van der Waals surface area contributed by atoms with Gasteiger partial charge in [-0.15, -0.1) is 0 Å². The molecule has 1 aromatic rings. The number of amides is 1. The Bertz CT molecular complexity index is 435. The van der Waals surface area contributed by atoms with Crippen molar-refractivity contribution in [3.05, 3.63) is 29.8 Å². The number of rotatable bonds is 9. The number of hydrogen-bond acceptors (Lipinski definition) is 2. The molecule has 3 heteroatoms. The number of benzene rings is 1. The van der Waals surface area contributed by atoms with E-state index in [9.17, 15) is 4.79 Å². The van der Waals surface area contributed by atoms with E-state index in [1.807, 2.05) is 24.3 Å². The summed E-state index contributed by atoms with van der Waals surface area (Å²) in [5, 5.41) is 3.05. The van der Waals surface area contributed by atoms with Crippen molar-refractivity contribution < 1.29 is 9.53 Å². The largest absolute Gasteiger partial charge is 0.494 e. The van der Waals surface area contributed by atoms with Crippen LogP contribution < -0.4 is 10.1 Å². The first-order valence-corrected chi connectivity index (χ1v) is 8.80. The summed E-state index contributed by atoms with van der Waals surface area (Å²) < 4.78 is 5.70. The van der Waals surface area contributed by atoms with Crippen LogP contribution in [0.5, 0.6) is 5.75 Å². The van der Waals surface area contributed by atoms with Crippen LogP contribution in [0.25, 0.3) is 0 Å². The molecule has 1 saturated carbocycles. The van der Waals surface area contributed by atoms with Crippen LogP contribution in [0.1, 0.15) is 68.6 Å². The van der Waals surface area contributed by atoms with Crippen molar-refractivity contribution >= 4 is 5.91 Å². The van der Waals surface area contributed by atoms with Gasteiger partial charge in [-0.3, -0.25) is 4.79 Å². The molecule has 0 heterocycles. The van der Waals surface area contributed by atoms with Crippen LogP contribution in [0.4, 0.5) is 0 Å². The van der Waals surface area contributed by atoms with E-state index in [0.717, 1.165) is 30.9 Å². The third-order valence-electron chi connectivity index (χ3n) is 4.41. The highest BCUT2D eigenvalue weighted by Gasteiger charge is 2.16. The first-order valence-electron chi connectivity index (χ1n) is 8.80. The van der Waals surface area contributed by atoms with Gasteiger partial charge in [0.2, 0.25) is 0 Å². The minimum Gasteiger partial charge on any atom is -0.494 e. The van der Waals surface area contributed by atoms with Crippen LogP contribution in [0.3, 0.4) is 0 Å². The lowest BCUT2D eigenvalue weighted by Crippen LogP contribution is -2.28. The second-order valence-corrected chi connectivity index (χ2v) is 6.29. The molecule has 0 atom stereocenters. The Morgan fingerprint density at radius 2 is 1.86 bits per heavy atom. The Labute approximate surface area is 134 Å². The van der Waals surface area contributed by atoms with E-state index in [-0.39, 0.29) is 5.91 Å². The predicted octanol–water partition coefficient (Wildman–Crippen LogP) is 4.57.